The Bertz CT molecular complexity index is 3840. The molecule has 296 valence electrons. The van der Waals surface area contributed by atoms with Crippen molar-refractivity contribution in [1.82, 2.24) is 0 Å². The van der Waals surface area contributed by atoms with Crippen LogP contribution in [0.4, 0.5) is 0 Å². The van der Waals surface area contributed by atoms with Crippen molar-refractivity contribution in [2.45, 2.75) is 0 Å². The number of rotatable bonds is 4. The Morgan fingerprint density at radius 3 is 0.859 bits per heavy atom. The summed E-state index contributed by atoms with van der Waals surface area (Å²) in [5.74, 6) is 0. The Hall–Kier alpha value is -8.46. The molecule has 0 amide bonds. The van der Waals surface area contributed by atoms with E-state index in [-0.39, 0.29) is 0 Å². The third-order valence-corrected chi connectivity index (χ3v) is 13.6. The molecule has 0 bridgehead atoms. The second-order valence-electron chi connectivity index (χ2n) is 17.0. The summed E-state index contributed by atoms with van der Waals surface area (Å²) in [6.45, 7) is 0. The lowest BCUT2D eigenvalue weighted by molar-refractivity contribution is 0.670. The molecule has 0 saturated carbocycles. The lowest BCUT2D eigenvalue weighted by Gasteiger charge is -2.20. The third kappa shape index (κ3) is 4.91. The predicted molar refractivity (Wildman–Crippen MR) is 270 cm³/mol. The van der Waals surface area contributed by atoms with Crippen LogP contribution in [0.3, 0.4) is 0 Å². The summed E-state index contributed by atoms with van der Waals surface area (Å²) in [5, 5.41) is 16.2. The second kappa shape index (κ2) is 13.5. The Morgan fingerprint density at radius 2 is 0.516 bits per heavy atom. The van der Waals surface area contributed by atoms with Crippen molar-refractivity contribution in [3.05, 3.63) is 218 Å². The van der Waals surface area contributed by atoms with Crippen LogP contribution in [0, 0.1) is 0 Å². The van der Waals surface area contributed by atoms with Crippen molar-refractivity contribution in [3.63, 3.8) is 0 Å². The van der Waals surface area contributed by atoms with Gasteiger partial charge in [0.25, 0.3) is 0 Å². The highest BCUT2D eigenvalue weighted by molar-refractivity contribution is 6.37. The van der Waals surface area contributed by atoms with E-state index < -0.39 is 0 Å². The van der Waals surface area contributed by atoms with E-state index in [0.717, 1.165) is 65.8 Å². The maximum Gasteiger partial charge on any atom is 0.143 e. The van der Waals surface area contributed by atoms with Crippen molar-refractivity contribution >= 4 is 97.7 Å². The summed E-state index contributed by atoms with van der Waals surface area (Å²) in [6.07, 6.45) is 0. The zero-order valence-corrected chi connectivity index (χ0v) is 34.6. The molecule has 0 fully saturated rings. The molecule has 0 spiro atoms. The van der Waals surface area contributed by atoms with E-state index in [1.165, 1.54) is 76.5 Å². The van der Waals surface area contributed by atoms with E-state index in [2.05, 4.69) is 218 Å². The first-order valence-electron chi connectivity index (χ1n) is 22.0. The van der Waals surface area contributed by atoms with Crippen molar-refractivity contribution < 1.29 is 8.83 Å². The average molecular weight is 813 g/mol. The highest BCUT2D eigenvalue weighted by Gasteiger charge is 2.27. The number of para-hydroxylation sites is 2. The second-order valence-corrected chi connectivity index (χ2v) is 17.0. The molecule has 0 aliphatic heterocycles. The van der Waals surface area contributed by atoms with Crippen molar-refractivity contribution in [2.75, 3.05) is 0 Å². The lowest BCUT2D eigenvalue weighted by Crippen LogP contribution is -1.93. The van der Waals surface area contributed by atoms with Crippen LogP contribution < -0.4 is 0 Å². The molecule has 0 N–H and O–H groups in total. The molecule has 14 aromatic rings. The van der Waals surface area contributed by atoms with Gasteiger partial charge in [-0.3, -0.25) is 0 Å². The Morgan fingerprint density at radius 1 is 0.234 bits per heavy atom. The number of hydrogen-bond donors (Lipinski definition) is 0. The summed E-state index contributed by atoms with van der Waals surface area (Å²) in [4.78, 5) is 0. The number of hydrogen-bond acceptors (Lipinski definition) is 2. The molecule has 2 aromatic heterocycles. The van der Waals surface area contributed by atoms with E-state index in [1.807, 2.05) is 0 Å². The van der Waals surface area contributed by atoms with Gasteiger partial charge in [-0.15, -0.1) is 0 Å². The van der Waals surface area contributed by atoms with Gasteiger partial charge in [0.05, 0.1) is 0 Å². The minimum atomic E-state index is 0.860. The quantitative estimate of drug-likeness (QED) is 0.166. The first-order valence-corrected chi connectivity index (χ1v) is 22.0. The van der Waals surface area contributed by atoms with Crippen LogP contribution in [0.15, 0.2) is 227 Å². The smallest absolute Gasteiger partial charge is 0.143 e. The largest absolute Gasteiger partial charge is 0.455 e. The fourth-order valence-electron chi connectivity index (χ4n) is 11.0. The van der Waals surface area contributed by atoms with Gasteiger partial charge in [0, 0.05) is 49.2 Å². The fraction of sp³-hybridized carbons (Fsp3) is 0. The van der Waals surface area contributed by atoms with E-state index in [9.17, 15) is 0 Å². The highest BCUT2D eigenvalue weighted by Crippen LogP contribution is 2.53. The van der Waals surface area contributed by atoms with Gasteiger partial charge in [0.1, 0.15) is 22.3 Å². The number of furan rings is 2. The maximum atomic E-state index is 7.15. The molecule has 14 rings (SSSR count). The van der Waals surface area contributed by atoms with Gasteiger partial charge in [0.15, 0.2) is 0 Å². The Labute approximate surface area is 367 Å². The van der Waals surface area contributed by atoms with E-state index in [4.69, 9.17) is 8.83 Å². The molecule has 0 atom stereocenters. The highest BCUT2D eigenvalue weighted by atomic mass is 16.3. The minimum Gasteiger partial charge on any atom is -0.455 e. The number of fused-ring (bicyclic) bond motifs is 13. The molecular weight excluding hydrogens is 777 g/mol. The predicted octanol–water partition coefficient (Wildman–Crippen LogP) is 17.9. The summed E-state index contributed by atoms with van der Waals surface area (Å²) in [6, 6.07) is 79.0. The maximum absolute atomic E-state index is 7.15. The van der Waals surface area contributed by atoms with Crippen LogP contribution in [-0.4, -0.2) is 0 Å². The minimum absolute atomic E-state index is 0.860. The summed E-state index contributed by atoms with van der Waals surface area (Å²) < 4.78 is 14.3. The SMILES string of the molecule is c1ccc(-c2c3ccccc3c(-c3cc4cc(-c5c6ccccc6c(-c6ccccc6)c6ccccc56)c5oc6ccccc6c5c4c4c3oc3ccccc34)c3ccccc23)cc1. The topological polar surface area (TPSA) is 26.3 Å². The van der Waals surface area contributed by atoms with Gasteiger partial charge in [-0.25, -0.2) is 0 Å². The van der Waals surface area contributed by atoms with Crippen LogP contribution in [0.25, 0.3) is 142 Å². The molecule has 64 heavy (non-hydrogen) atoms. The third-order valence-electron chi connectivity index (χ3n) is 13.6. The normalized spacial score (nSPS) is 12.1. The van der Waals surface area contributed by atoms with E-state index in [1.54, 1.807) is 0 Å². The van der Waals surface area contributed by atoms with E-state index in [0.29, 0.717) is 0 Å². The summed E-state index contributed by atoms with van der Waals surface area (Å²) in [7, 11) is 0. The van der Waals surface area contributed by atoms with Crippen LogP contribution in [0.2, 0.25) is 0 Å². The van der Waals surface area contributed by atoms with Crippen LogP contribution >= 0.6 is 0 Å². The molecule has 0 unspecified atom stereocenters. The summed E-state index contributed by atoms with van der Waals surface area (Å²) in [5.41, 5.74) is 12.8. The Balaban J connectivity index is 1.20. The molecule has 2 heteroatoms. The molecular formula is C62H36O2. The molecule has 2 nitrogen and oxygen atoms in total. The van der Waals surface area contributed by atoms with Crippen LogP contribution in [0.5, 0.6) is 0 Å². The van der Waals surface area contributed by atoms with Gasteiger partial charge >= 0.3 is 0 Å². The molecule has 0 aliphatic rings. The average Bonchev–Trinajstić information content (AvgIpc) is 3.95. The van der Waals surface area contributed by atoms with Crippen LogP contribution in [-0.2, 0) is 0 Å². The van der Waals surface area contributed by atoms with Gasteiger partial charge in [0.2, 0.25) is 0 Å². The standard InChI is InChI=1S/C62H36O2/c1-3-19-37(20-4-1)54-40-23-7-11-27-44(40)57(45-28-12-8-24-41(45)54)50-35-39-36-51(58-46-29-13-9-25-42(46)55(38-21-5-2-6-22-38)43-26-10-14-30-47(43)58)62-60(49-32-16-18-34-53(49)64-62)56(39)59-48-31-15-17-33-52(48)63-61(50)59/h1-36H. The zero-order valence-electron chi connectivity index (χ0n) is 34.6. The van der Waals surface area contributed by atoms with Gasteiger partial charge in [-0.05, 0) is 95.0 Å². The van der Waals surface area contributed by atoms with Crippen LogP contribution in [0.1, 0.15) is 0 Å². The van der Waals surface area contributed by atoms with Gasteiger partial charge in [-0.1, -0.05) is 194 Å². The molecule has 0 radical (unpaired) electrons. The van der Waals surface area contributed by atoms with E-state index >= 15 is 0 Å². The molecule has 0 saturated heterocycles. The molecule has 2 heterocycles. The zero-order chi connectivity index (χ0) is 41.9. The Kier molecular flexibility index (Phi) is 7.43. The lowest BCUT2D eigenvalue weighted by atomic mass is 9.83. The first kappa shape index (κ1) is 35.2. The van der Waals surface area contributed by atoms with Gasteiger partial charge < -0.3 is 8.83 Å². The number of benzene rings is 12. The monoisotopic (exact) mass is 812 g/mol. The first-order chi connectivity index (χ1) is 31.8. The van der Waals surface area contributed by atoms with Crippen molar-refractivity contribution in [3.8, 4) is 44.5 Å². The summed E-state index contributed by atoms with van der Waals surface area (Å²) >= 11 is 0. The molecule has 0 aliphatic carbocycles. The van der Waals surface area contributed by atoms with Crippen molar-refractivity contribution in [2.24, 2.45) is 0 Å². The van der Waals surface area contributed by atoms with Gasteiger partial charge in [-0.2, -0.15) is 0 Å². The molecule has 12 aromatic carbocycles. The fourth-order valence-corrected chi connectivity index (χ4v) is 11.0. The van der Waals surface area contributed by atoms with Crippen molar-refractivity contribution in [1.29, 1.82) is 0 Å².